The number of nitrogens with two attached hydrogens (primary N) is 1. The van der Waals surface area contributed by atoms with Crippen LogP contribution in [0.2, 0.25) is 0 Å². The monoisotopic (exact) mass is 203 g/mol. The zero-order chi connectivity index (χ0) is 10.7. The van der Waals surface area contributed by atoms with Gasteiger partial charge in [-0.2, -0.15) is 0 Å². The summed E-state index contributed by atoms with van der Waals surface area (Å²) in [4.78, 5) is 0. The van der Waals surface area contributed by atoms with Crippen LogP contribution in [0.15, 0.2) is 35.9 Å². The minimum atomic E-state index is 0.269. The predicted molar refractivity (Wildman–Crippen MR) is 62.0 cm³/mol. The molecule has 0 aliphatic heterocycles. The van der Waals surface area contributed by atoms with E-state index in [9.17, 15) is 0 Å². The molecule has 0 heterocycles. The van der Waals surface area contributed by atoms with Crippen molar-refractivity contribution in [2.75, 3.05) is 7.11 Å². The second-order valence-corrected chi connectivity index (χ2v) is 4.06. The molecule has 2 N–H and O–H groups in total. The largest absolute Gasteiger partial charge is 0.497 e. The van der Waals surface area contributed by atoms with Crippen LogP contribution in [-0.4, -0.2) is 13.2 Å². The lowest BCUT2D eigenvalue weighted by Crippen LogP contribution is -2.11. The minimum Gasteiger partial charge on any atom is -0.497 e. The standard InChI is InChI=1S/C13H17NO/c1-15-13-4-2-3-10(9-13)7-11-5-6-12(14)8-11/h2-4,8-9,12H,5-7,14H2,1H3. The van der Waals surface area contributed by atoms with Gasteiger partial charge in [0.15, 0.2) is 0 Å². The SMILES string of the molecule is COc1cccc(CC2=CC(N)CC2)c1. The van der Waals surface area contributed by atoms with Crippen LogP contribution >= 0.6 is 0 Å². The van der Waals surface area contributed by atoms with E-state index in [1.165, 1.54) is 11.1 Å². The third-order valence-electron chi connectivity index (χ3n) is 2.81. The quantitative estimate of drug-likeness (QED) is 0.765. The fourth-order valence-electron chi connectivity index (χ4n) is 2.01. The predicted octanol–water partition coefficient (Wildman–Crippen LogP) is 2.29. The van der Waals surface area contributed by atoms with Crippen molar-refractivity contribution in [3.63, 3.8) is 0 Å². The summed E-state index contributed by atoms with van der Waals surface area (Å²) < 4.78 is 5.20. The van der Waals surface area contributed by atoms with Crippen molar-refractivity contribution >= 4 is 0 Å². The van der Waals surface area contributed by atoms with E-state index in [4.69, 9.17) is 10.5 Å². The summed E-state index contributed by atoms with van der Waals surface area (Å²) >= 11 is 0. The van der Waals surface area contributed by atoms with Gasteiger partial charge < -0.3 is 10.5 Å². The first-order chi connectivity index (χ1) is 7.28. The zero-order valence-corrected chi connectivity index (χ0v) is 9.07. The first-order valence-electron chi connectivity index (χ1n) is 5.36. The van der Waals surface area contributed by atoms with Gasteiger partial charge in [0.1, 0.15) is 5.75 Å². The van der Waals surface area contributed by atoms with Crippen molar-refractivity contribution in [3.8, 4) is 5.75 Å². The second kappa shape index (κ2) is 4.49. The Labute approximate surface area is 90.7 Å². The summed E-state index contributed by atoms with van der Waals surface area (Å²) in [5.74, 6) is 0.926. The Balaban J connectivity index is 2.07. The van der Waals surface area contributed by atoms with Crippen LogP contribution in [0.25, 0.3) is 0 Å². The van der Waals surface area contributed by atoms with Crippen LogP contribution in [-0.2, 0) is 6.42 Å². The highest BCUT2D eigenvalue weighted by Crippen LogP contribution is 2.22. The maximum Gasteiger partial charge on any atom is 0.119 e. The number of hydrogen-bond acceptors (Lipinski definition) is 2. The Morgan fingerprint density at radius 3 is 3.00 bits per heavy atom. The smallest absolute Gasteiger partial charge is 0.119 e. The molecule has 0 bridgehead atoms. The molecule has 0 fully saturated rings. The van der Waals surface area contributed by atoms with Crippen molar-refractivity contribution in [3.05, 3.63) is 41.5 Å². The highest BCUT2D eigenvalue weighted by Gasteiger charge is 2.11. The normalized spacial score (nSPS) is 20.1. The molecule has 1 aromatic carbocycles. The number of methoxy groups -OCH3 is 1. The molecule has 80 valence electrons. The lowest BCUT2D eigenvalue weighted by Gasteiger charge is -2.04. The summed E-state index contributed by atoms with van der Waals surface area (Å²) in [5.41, 5.74) is 8.59. The molecule has 0 amide bonds. The van der Waals surface area contributed by atoms with Gasteiger partial charge in [0.25, 0.3) is 0 Å². The molecule has 0 saturated carbocycles. The summed E-state index contributed by atoms with van der Waals surface area (Å²) in [5, 5.41) is 0. The molecule has 0 aromatic heterocycles. The molecule has 2 heteroatoms. The molecule has 0 spiro atoms. The lowest BCUT2D eigenvalue weighted by atomic mass is 10.0. The zero-order valence-electron chi connectivity index (χ0n) is 9.07. The molecule has 2 rings (SSSR count). The molecule has 1 unspecified atom stereocenters. The Morgan fingerprint density at radius 2 is 2.33 bits per heavy atom. The molecule has 1 aliphatic carbocycles. The molecule has 1 atom stereocenters. The number of ether oxygens (including phenoxy) is 1. The maximum absolute atomic E-state index is 5.83. The summed E-state index contributed by atoms with van der Waals surface area (Å²) in [6, 6.07) is 8.49. The van der Waals surface area contributed by atoms with Crippen molar-refractivity contribution in [2.24, 2.45) is 5.73 Å². The fourth-order valence-corrected chi connectivity index (χ4v) is 2.01. The molecule has 15 heavy (non-hydrogen) atoms. The van der Waals surface area contributed by atoms with Crippen molar-refractivity contribution < 1.29 is 4.74 Å². The Bertz CT molecular complexity index is 371. The highest BCUT2D eigenvalue weighted by atomic mass is 16.5. The van der Waals surface area contributed by atoms with E-state index in [1.807, 2.05) is 12.1 Å². The first-order valence-corrected chi connectivity index (χ1v) is 5.36. The van der Waals surface area contributed by atoms with Gasteiger partial charge in [-0.15, -0.1) is 0 Å². The van der Waals surface area contributed by atoms with E-state index in [0.29, 0.717) is 0 Å². The first kappa shape index (κ1) is 10.2. The number of rotatable bonds is 3. The van der Waals surface area contributed by atoms with Crippen LogP contribution in [0.3, 0.4) is 0 Å². The van der Waals surface area contributed by atoms with E-state index in [1.54, 1.807) is 7.11 Å². The average molecular weight is 203 g/mol. The third kappa shape index (κ3) is 2.60. The molecule has 1 aromatic rings. The molecular formula is C13H17NO. The summed E-state index contributed by atoms with van der Waals surface area (Å²) in [6.45, 7) is 0. The van der Waals surface area contributed by atoms with Crippen LogP contribution in [0.4, 0.5) is 0 Å². The van der Waals surface area contributed by atoms with E-state index in [2.05, 4.69) is 18.2 Å². The van der Waals surface area contributed by atoms with Gasteiger partial charge in [0.2, 0.25) is 0 Å². The summed E-state index contributed by atoms with van der Waals surface area (Å²) in [6.07, 6.45) is 5.43. The average Bonchev–Trinajstić information content (AvgIpc) is 2.64. The Kier molecular flexibility index (Phi) is 3.07. The van der Waals surface area contributed by atoms with Crippen molar-refractivity contribution in [1.29, 1.82) is 0 Å². The number of benzene rings is 1. The Morgan fingerprint density at radius 1 is 1.47 bits per heavy atom. The van der Waals surface area contributed by atoms with E-state index < -0.39 is 0 Å². The Hall–Kier alpha value is -1.28. The van der Waals surface area contributed by atoms with Gasteiger partial charge in [-0.25, -0.2) is 0 Å². The molecule has 0 radical (unpaired) electrons. The van der Waals surface area contributed by atoms with E-state index in [0.717, 1.165) is 25.0 Å². The van der Waals surface area contributed by atoms with Crippen LogP contribution in [0.5, 0.6) is 5.75 Å². The molecule has 0 saturated heterocycles. The molecular weight excluding hydrogens is 186 g/mol. The van der Waals surface area contributed by atoms with Gasteiger partial charge in [0, 0.05) is 6.04 Å². The maximum atomic E-state index is 5.83. The highest BCUT2D eigenvalue weighted by molar-refractivity contribution is 5.32. The summed E-state index contributed by atoms with van der Waals surface area (Å²) in [7, 11) is 1.70. The van der Waals surface area contributed by atoms with Gasteiger partial charge in [0.05, 0.1) is 7.11 Å². The van der Waals surface area contributed by atoms with Crippen LogP contribution in [0.1, 0.15) is 18.4 Å². The fraction of sp³-hybridized carbons (Fsp3) is 0.385. The van der Waals surface area contributed by atoms with E-state index >= 15 is 0 Å². The van der Waals surface area contributed by atoms with Gasteiger partial charge >= 0.3 is 0 Å². The topological polar surface area (TPSA) is 35.2 Å². The lowest BCUT2D eigenvalue weighted by molar-refractivity contribution is 0.414. The third-order valence-corrected chi connectivity index (χ3v) is 2.81. The van der Waals surface area contributed by atoms with Crippen LogP contribution < -0.4 is 10.5 Å². The number of hydrogen-bond donors (Lipinski definition) is 1. The van der Waals surface area contributed by atoms with Gasteiger partial charge in [-0.05, 0) is 37.0 Å². The number of allylic oxidation sites excluding steroid dienone is 1. The second-order valence-electron chi connectivity index (χ2n) is 4.06. The molecule has 1 aliphatic rings. The van der Waals surface area contributed by atoms with Crippen molar-refractivity contribution in [2.45, 2.75) is 25.3 Å². The van der Waals surface area contributed by atoms with Crippen molar-refractivity contribution in [1.82, 2.24) is 0 Å². The van der Waals surface area contributed by atoms with E-state index in [-0.39, 0.29) is 6.04 Å². The van der Waals surface area contributed by atoms with Gasteiger partial charge in [-0.3, -0.25) is 0 Å². The minimum absolute atomic E-state index is 0.269. The van der Waals surface area contributed by atoms with Crippen LogP contribution in [0, 0.1) is 0 Å². The molecule has 2 nitrogen and oxygen atoms in total. The van der Waals surface area contributed by atoms with Gasteiger partial charge in [-0.1, -0.05) is 23.8 Å².